The third-order valence-electron chi connectivity index (χ3n) is 9.40. The van der Waals surface area contributed by atoms with Crippen molar-refractivity contribution < 1.29 is 28.6 Å². The second-order valence-corrected chi connectivity index (χ2v) is 14.2. The van der Waals surface area contributed by atoms with Gasteiger partial charge in [0.1, 0.15) is 13.2 Å². The predicted octanol–water partition coefficient (Wildman–Crippen LogP) is 12.4. The van der Waals surface area contributed by atoms with Crippen LogP contribution in [-0.2, 0) is 28.6 Å². The van der Waals surface area contributed by atoms with Crippen LogP contribution in [0.5, 0.6) is 0 Å². The molecule has 0 saturated carbocycles. The number of unbranched alkanes of at least 4 members (excludes halogenated alkanes) is 22. The molecule has 0 bridgehead atoms. The molecule has 0 N–H and O–H groups in total. The van der Waals surface area contributed by atoms with Crippen molar-refractivity contribution in [3.63, 3.8) is 0 Å². The number of ether oxygens (including phenoxy) is 3. The first-order chi connectivity index (χ1) is 22.9. The van der Waals surface area contributed by atoms with Gasteiger partial charge in [0.2, 0.25) is 0 Å². The summed E-state index contributed by atoms with van der Waals surface area (Å²) >= 11 is 0. The summed E-state index contributed by atoms with van der Waals surface area (Å²) in [6.45, 7) is 8.92. The number of hydrogen-bond donors (Lipinski definition) is 0. The van der Waals surface area contributed by atoms with E-state index >= 15 is 0 Å². The lowest BCUT2D eigenvalue weighted by atomic mass is 9.99. The molecule has 0 fully saturated rings. The zero-order valence-corrected chi connectivity index (χ0v) is 31.7. The van der Waals surface area contributed by atoms with Crippen molar-refractivity contribution in [2.24, 2.45) is 5.92 Å². The lowest BCUT2D eigenvalue weighted by Gasteiger charge is -2.18. The molecular formula is C41H78O6. The Morgan fingerprint density at radius 2 is 0.745 bits per heavy atom. The van der Waals surface area contributed by atoms with Gasteiger partial charge in [0.15, 0.2) is 6.10 Å². The van der Waals surface area contributed by atoms with Crippen LogP contribution in [0.1, 0.15) is 220 Å². The van der Waals surface area contributed by atoms with Crippen molar-refractivity contribution in [1.82, 2.24) is 0 Å². The van der Waals surface area contributed by atoms with Crippen molar-refractivity contribution in [2.75, 3.05) is 13.2 Å². The van der Waals surface area contributed by atoms with E-state index in [4.69, 9.17) is 14.2 Å². The average Bonchev–Trinajstić information content (AvgIpc) is 3.07. The third kappa shape index (κ3) is 34.1. The van der Waals surface area contributed by atoms with Crippen LogP contribution < -0.4 is 0 Å². The van der Waals surface area contributed by atoms with Gasteiger partial charge in [0.05, 0.1) is 0 Å². The Morgan fingerprint density at radius 3 is 1.11 bits per heavy atom. The van der Waals surface area contributed by atoms with Gasteiger partial charge in [-0.2, -0.15) is 0 Å². The molecule has 0 amide bonds. The molecule has 0 aromatic carbocycles. The Morgan fingerprint density at radius 1 is 0.426 bits per heavy atom. The first kappa shape index (κ1) is 45.4. The summed E-state index contributed by atoms with van der Waals surface area (Å²) < 4.78 is 16.6. The lowest BCUT2D eigenvalue weighted by molar-refractivity contribution is -0.167. The number of esters is 3. The summed E-state index contributed by atoms with van der Waals surface area (Å²) in [4.78, 5) is 37.4. The molecule has 6 heteroatoms. The van der Waals surface area contributed by atoms with E-state index < -0.39 is 6.10 Å². The molecule has 47 heavy (non-hydrogen) atoms. The lowest BCUT2D eigenvalue weighted by Crippen LogP contribution is -2.30. The van der Waals surface area contributed by atoms with E-state index in [0.29, 0.717) is 19.3 Å². The standard InChI is InChI=1S/C41H78O6/c1-5-8-10-12-14-15-16-22-26-30-34-41(44)47-38(35-45-39(42)32-28-24-19-13-11-9-6-2)36-46-40(43)33-29-25-21-18-17-20-23-27-31-37(4)7-3/h37-38H,5-36H2,1-4H3/t37?,38-/m0/s1. The zero-order chi connectivity index (χ0) is 34.6. The second-order valence-electron chi connectivity index (χ2n) is 14.2. The van der Waals surface area contributed by atoms with Crippen LogP contribution in [0.3, 0.4) is 0 Å². The van der Waals surface area contributed by atoms with Gasteiger partial charge in [0, 0.05) is 19.3 Å². The first-order valence-electron chi connectivity index (χ1n) is 20.4. The highest BCUT2D eigenvalue weighted by Crippen LogP contribution is 2.16. The molecule has 0 aromatic rings. The van der Waals surface area contributed by atoms with E-state index in [1.807, 2.05) is 0 Å². The molecule has 0 rings (SSSR count). The number of hydrogen-bond acceptors (Lipinski definition) is 6. The van der Waals surface area contributed by atoms with Gasteiger partial charge >= 0.3 is 17.9 Å². The van der Waals surface area contributed by atoms with Crippen LogP contribution >= 0.6 is 0 Å². The van der Waals surface area contributed by atoms with Gasteiger partial charge in [0.25, 0.3) is 0 Å². The minimum absolute atomic E-state index is 0.0655. The van der Waals surface area contributed by atoms with Crippen LogP contribution in [0.25, 0.3) is 0 Å². The minimum Gasteiger partial charge on any atom is -0.462 e. The van der Waals surface area contributed by atoms with E-state index in [0.717, 1.165) is 63.7 Å². The van der Waals surface area contributed by atoms with E-state index in [2.05, 4.69) is 27.7 Å². The van der Waals surface area contributed by atoms with Crippen LogP contribution in [0, 0.1) is 5.92 Å². The Kier molecular flexibility index (Phi) is 34.5. The van der Waals surface area contributed by atoms with Gasteiger partial charge < -0.3 is 14.2 Å². The van der Waals surface area contributed by atoms with E-state index in [-0.39, 0.29) is 31.1 Å². The largest absolute Gasteiger partial charge is 0.462 e. The van der Waals surface area contributed by atoms with Gasteiger partial charge in [-0.1, -0.05) is 182 Å². The van der Waals surface area contributed by atoms with Gasteiger partial charge in [-0.25, -0.2) is 0 Å². The quantitative estimate of drug-likeness (QED) is 0.0376. The summed E-state index contributed by atoms with van der Waals surface area (Å²) in [5.74, 6) is -0.0221. The maximum absolute atomic E-state index is 12.6. The normalized spacial score (nSPS) is 12.5. The minimum atomic E-state index is -0.757. The zero-order valence-electron chi connectivity index (χ0n) is 31.7. The molecule has 278 valence electrons. The van der Waals surface area contributed by atoms with Crippen LogP contribution in [0.4, 0.5) is 0 Å². The van der Waals surface area contributed by atoms with Gasteiger partial charge in [-0.3, -0.25) is 14.4 Å². The SMILES string of the molecule is CCCCCCCCCCCCC(=O)O[C@@H](COC(=O)CCCCCCCCC)COC(=O)CCCCCCCCCCC(C)CC. The highest BCUT2D eigenvalue weighted by atomic mass is 16.6. The molecule has 6 nitrogen and oxygen atoms in total. The topological polar surface area (TPSA) is 78.9 Å². The highest BCUT2D eigenvalue weighted by molar-refractivity contribution is 5.71. The Bertz CT molecular complexity index is 708. The maximum atomic E-state index is 12.6. The van der Waals surface area contributed by atoms with Crippen molar-refractivity contribution in [3.05, 3.63) is 0 Å². The van der Waals surface area contributed by atoms with Crippen molar-refractivity contribution >= 4 is 17.9 Å². The summed E-state index contributed by atoms with van der Waals surface area (Å²) in [6.07, 6.45) is 32.3. The number of carbonyl (C=O) groups is 3. The van der Waals surface area contributed by atoms with Crippen LogP contribution in [0.2, 0.25) is 0 Å². The number of carbonyl (C=O) groups excluding carboxylic acids is 3. The number of rotatable bonds is 36. The smallest absolute Gasteiger partial charge is 0.306 e. The Balaban J connectivity index is 4.32. The molecule has 0 aliphatic rings. The molecule has 2 atom stereocenters. The summed E-state index contributed by atoms with van der Waals surface area (Å²) in [5, 5.41) is 0. The molecule has 0 saturated heterocycles. The Hall–Kier alpha value is -1.59. The summed E-state index contributed by atoms with van der Waals surface area (Å²) in [5.41, 5.74) is 0. The van der Waals surface area contributed by atoms with Crippen LogP contribution in [0.15, 0.2) is 0 Å². The van der Waals surface area contributed by atoms with E-state index in [1.165, 1.54) is 116 Å². The second kappa shape index (κ2) is 35.7. The fourth-order valence-corrected chi connectivity index (χ4v) is 5.89. The highest BCUT2D eigenvalue weighted by Gasteiger charge is 2.19. The summed E-state index contributed by atoms with van der Waals surface area (Å²) in [7, 11) is 0. The van der Waals surface area contributed by atoms with Gasteiger partial charge in [-0.05, 0) is 25.2 Å². The molecule has 0 aromatic heterocycles. The fourth-order valence-electron chi connectivity index (χ4n) is 5.89. The Labute approximate surface area is 291 Å². The van der Waals surface area contributed by atoms with Crippen molar-refractivity contribution in [1.29, 1.82) is 0 Å². The van der Waals surface area contributed by atoms with Gasteiger partial charge in [-0.15, -0.1) is 0 Å². The monoisotopic (exact) mass is 667 g/mol. The molecule has 0 aliphatic heterocycles. The average molecular weight is 667 g/mol. The molecule has 0 spiro atoms. The molecule has 0 radical (unpaired) electrons. The van der Waals surface area contributed by atoms with Crippen molar-refractivity contribution in [3.8, 4) is 0 Å². The van der Waals surface area contributed by atoms with Crippen molar-refractivity contribution in [2.45, 2.75) is 226 Å². The fraction of sp³-hybridized carbons (Fsp3) is 0.927. The van der Waals surface area contributed by atoms with E-state index in [9.17, 15) is 14.4 Å². The molecular weight excluding hydrogens is 588 g/mol. The van der Waals surface area contributed by atoms with Crippen LogP contribution in [-0.4, -0.2) is 37.2 Å². The predicted molar refractivity (Wildman–Crippen MR) is 196 cm³/mol. The molecule has 0 aliphatic carbocycles. The third-order valence-corrected chi connectivity index (χ3v) is 9.40. The summed E-state index contributed by atoms with van der Waals surface area (Å²) in [6, 6.07) is 0. The maximum Gasteiger partial charge on any atom is 0.306 e. The van der Waals surface area contributed by atoms with E-state index in [1.54, 1.807) is 0 Å². The first-order valence-corrected chi connectivity index (χ1v) is 20.4. The molecule has 0 heterocycles. The molecule has 1 unspecified atom stereocenters.